The number of nitrogens with two attached hydrogens (primary N) is 1. The molecule has 0 amide bonds. The minimum Gasteiger partial charge on any atom is -0.384 e. The number of nitrogens with one attached hydrogen (secondary N) is 1. The molecular formula is C12H12BrN3. The third-order valence-electron chi connectivity index (χ3n) is 2.16. The molecule has 0 radical (unpaired) electrons. The third kappa shape index (κ3) is 2.73. The number of anilines is 2. The number of para-hydroxylation sites is 1. The Morgan fingerprint density at radius 2 is 1.94 bits per heavy atom. The van der Waals surface area contributed by atoms with Crippen LogP contribution in [0.4, 0.5) is 11.5 Å². The topological polar surface area (TPSA) is 50.9 Å². The molecule has 1 aromatic carbocycles. The second-order valence-corrected chi connectivity index (χ2v) is 4.24. The maximum absolute atomic E-state index is 5.61. The lowest BCUT2D eigenvalue weighted by atomic mass is 10.3. The lowest BCUT2D eigenvalue weighted by Gasteiger charge is -2.07. The number of rotatable bonds is 3. The van der Waals surface area contributed by atoms with Crippen molar-refractivity contribution < 1.29 is 0 Å². The van der Waals surface area contributed by atoms with E-state index < -0.39 is 0 Å². The van der Waals surface area contributed by atoms with Crippen LogP contribution in [0.25, 0.3) is 0 Å². The monoisotopic (exact) mass is 277 g/mol. The first kappa shape index (κ1) is 11.0. The van der Waals surface area contributed by atoms with Crippen LogP contribution in [0.5, 0.6) is 0 Å². The Morgan fingerprint density at radius 3 is 2.69 bits per heavy atom. The van der Waals surface area contributed by atoms with Gasteiger partial charge in [-0.2, -0.15) is 0 Å². The highest BCUT2D eigenvalue weighted by Gasteiger charge is 1.98. The van der Waals surface area contributed by atoms with Crippen LogP contribution in [0.1, 0.15) is 5.69 Å². The summed E-state index contributed by atoms with van der Waals surface area (Å²) in [5.41, 5.74) is 7.58. The van der Waals surface area contributed by atoms with Gasteiger partial charge in [-0.3, -0.25) is 0 Å². The lowest BCUT2D eigenvalue weighted by molar-refractivity contribution is 1.05. The average molecular weight is 278 g/mol. The van der Waals surface area contributed by atoms with E-state index in [1.165, 1.54) is 0 Å². The molecule has 0 atom stereocenters. The predicted molar refractivity (Wildman–Crippen MR) is 70.1 cm³/mol. The second-order valence-electron chi connectivity index (χ2n) is 3.39. The summed E-state index contributed by atoms with van der Waals surface area (Å²) in [6, 6.07) is 13.6. The summed E-state index contributed by atoms with van der Waals surface area (Å²) in [4.78, 5) is 4.22. The number of hydrogen-bond donors (Lipinski definition) is 2. The van der Waals surface area contributed by atoms with Gasteiger partial charge in [0, 0.05) is 10.2 Å². The van der Waals surface area contributed by atoms with Crippen molar-refractivity contribution in [3.63, 3.8) is 0 Å². The van der Waals surface area contributed by atoms with Crippen molar-refractivity contribution in [2.24, 2.45) is 0 Å². The van der Waals surface area contributed by atoms with E-state index in [1.807, 2.05) is 36.4 Å². The van der Waals surface area contributed by atoms with Gasteiger partial charge >= 0.3 is 0 Å². The zero-order valence-electron chi connectivity index (χ0n) is 8.65. The largest absolute Gasteiger partial charge is 0.384 e. The summed E-state index contributed by atoms with van der Waals surface area (Å²) in [6.45, 7) is 0.660. The van der Waals surface area contributed by atoms with E-state index in [0.717, 1.165) is 15.9 Å². The summed E-state index contributed by atoms with van der Waals surface area (Å²) in [6.07, 6.45) is 0. The molecule has 1 aromatic heterocycles. The molecule has 1 heterocycles. The normalized spacial score (nSPS) is 10.1. The maximum Gasteiger partial charge on any atom is 0.123 e. The van der Waals surface area contributed by atoms with Crippen molar-refractivity contribution in [2.45, 2.75) is 6.54 Å². The highest BCUT2D eigenvalue weighted by molar-refractivity contribution is 9.10. The zero-order chi connectivity index (χ0) is 11.4. The van der Waals surface area contributed by atoms with Crippen LogP contribution in [-0.2, 0) is 6.54 Å². The van der Waals surface area contributed by atoms with Crippen molar-refractivity contribution in [1.82, 2.24) is 4.98 Å². The molecule has 0 spiro atoms. The van der Waals surface area contributed by atoms with Crippen molar-refractivity contribution in [3.8, 4) is 0 Å². The van der Waals surface area contributed by atoms with E-state index in [9.17, 15) is 0 Å². The molecule has 16 heavy (non-hydrogen) atoms. The van der Waals surface area contributed by atoms with Crippen molar-refractivity contribution >= 4 is 27.4 Å². The Labute approximate surface area is 103 Å². The fourth-order valence-corrected chi connectivity index (χ4v) is 1.81. The quantitative estimate of drug-likeness (QED) is 0.907. The first-order valence-corrected chi connectivity index (χ1v) is 5.75. The molecule has 82 valence electrons. The van der Waals surface area contributed by atoms with E-state index >= 15 is 0 Å². The average Bonchev–Trinajstić information content (AvgIpc) is 2.28. The molecule has 0 bridgehead atoms. The number of nitrogens with zero attached hydrogens (tertiary/aromatic N) is 1. The highest BCUT2D eigenvalue weighted by atomic mass is 79.9. The minimum absolute atomic E-state index is 0.548. The van der Waals surface area contributed by atoms with E-state index in [0.29, 0.717) is 12.4 Å². The molecule has 0 saturated carbocycles. The standard InChI is InChI=1S/C12H12BrN3/c13-10-5-1-2-6-11(10)15-8-9-4-3-7-12(14)16-9/h1-7,15H,8H2,(H2,14,16). The SMILES string of the molecule is Nc1cccc(CNc2ccccc2Br)n1. The second kappa shape index (κ2) is 4.99. The molecule has 2 aromatic rings. The van der Waals surface area contributed by atoms with Gasteiger partial charge in [0.2, 0.25) is 0 Å². The van der Waals surface area contributed by atoms with E-state index in [1.54, 1.807) is 6.07 Å². The molecular weight excluding hydrogens is 266 g/mol. The van der Waals surface area contributed by atoms with Gasteiger partial charge in [-0.15, -0.1) is 0 Å². The summed E-state index contributed by atoms with van der Waals surface area (Å²) in [5.74, 6) is 0.548. The van der Waals surface area contributed by atoms with Gasteiger partial charge in [0.15, 0.2) is 0 Å². The molecule has 0 unspecified atom stereocenters. The smallest absolute Gasteiger partial charge is 0.123 e. The highest BCUT2D eigenvalue weighted by Crippen LogP contribution is 2.21. The fraction of sp³-hybridized carbons (Fsp3) is 0.0833. The van der Waals surface area contributed by atoms with E-state index in [-0.39, 0.29) is 0 Å². The third-order valence-corrected chi connectivity index (χ3v) is 2.85. The van der Waals surface area contributed by atoms with Gasteiger partial charge in [-0.1, -0.05) is 18.2 Å². The molecule has 0 saturated heterocycles. The Morgan fingerprint density at radius 1 is 1.12 bits per heavy atom. The first-order chi connectivity index (χ1) is 7.75. The molecule has 0 aliphatic carbocycles. The number of nitrogen functional groups attached to an aromatic ring is 1. The van der Waals surface area contributed by atoms with Gasteiger partial charge in [0.05, 0.1) is 12.2 Å². The van der Waals surface area contributed by atoms with Gasteiger partial charge in [-0.25, -0.2) is 4.98 Å². The van der Waals surface area contributed by atoms with Gasteiger partial charge in [-0.05, 0) is 40.2 Å². The Balaban J connectivity index is 2.05. The van der Waals surface area contributed by atoms with Crippen LogP contribution in [0.15, 0.2) is 46.9 Å². The summed E-state index contributed by atoms with van der Waals surface area (Å²) in [5, 5.41) is 3.29. The van der Waals surface area contributed by atoms with Crippen LogP contribution in [-0.4, -0.2) is 4.98 Å². The Bertz CT molecular complexity index is 485. The minimum atomic E-state index is 0.548. The van der Waals surface area contributed by atoms with Gasteiger partial charge in [0.1, 0.15) is 5.82 Å². The molecule has 3 N–H and O–H groups in total. The van der Waals surface area contributed by atoms with Crippen LogP contribution in [0.2, 0.25) is 0 Å². The van der Waals surface area contributed by atoms with Crippen molar-refractivity contribution in [3.05, 3.63) is 52.6 Å². The lowest BCUT2D eigenvalue weighted by Crippen LogP contribution is -2.03. The van der Waals surface area contributed by atoms with E-state index in [2.05, 4.69) is 26.2 Å². The molecule has 3 nitrogen and oxygen atoms in total. The molecule has 0 aliphatic rings. The first-order valence-electron chi connectivity index (χ1n) is 4.95. The number of aromatic nitrogens is 1. The zero-order valence-corrected chi connectivity index (χ0v) is 10.2. The van der Waals surface area contributed by atoms with Crippen LogP contribution in [0, 0.1) is 0 Å². The van der Waals surface area contributed by atoms with Gasteiger partial charge < -0.3 is 11.1 Å². The maximum atomic E-state index is 5.61. The van der Waals surface area contributed by atoms with Crippen LogP contribution < -0.4 is 11.1 Å². The fourth-order valence-electron chi connectivity index (χ4n) is 1.39. The number of hydrogen-bond acceptors (Lipinski definition) is 3. The summed E-state index contributed by atoms with van der Waals surface area (Å²) < 4.78 is 1.04. The van der Waals surface area contributed by atoms with Crippen LogP contribution >= 0.6 is 15.9 Å². The van der Waals surface area contributed by atoms with Gasteiger partial charge in [0.25, 0.3) is 0 Å². The molecule has 0 fully saturated rings. The van der Waals surface area contributed by atoms with E-state index in [4.69, 9.17) is 5.73 Å². The molecule has 4 heteroatoms. The number of pyridine rings is 1. The van der Waals surface area contributed by atoms with Crippen LogP contribution in [0.3, 0.4) is 0 Å². The predicted octanol–water partition coefficient (Wildman–Crippen LogP) is 3.04. The number of halogens is 1. The summed E-state index contributed by atoms with van der Waals surface area (Å²) >= 11 is 3.48. The molecule has 0 aliphatic heterocycles. The van der Waals surface area contributed by atoms with Crippen molar-refractivity contribution in [1.29, 1.82) is 0 Å². The summed E-state index contributed by atoms with van der Waals surface area (Å²) in [7, 11) is 0. The van der Waals surface area contributed by atoms with Crippen molar-refractivity contribution in [2.75, 3.05) is 11.1 Å². The molecule has 2 rings (SSSR count). The number of benzene rings is 1. The Hall–Kier alpha value is -1.55. The Kier molecular flexibility index (Phi) is 3.41.